The minimum atomic E-state index is 0.294. The quantitative estimate of drug-likeness (QED) is 0.581. The molecule has 10 heavy (non-hydrogen) atoms. The van der Waals surface area contributed by atoms with Crippen molar-refractivity contribution in [2.45, 2.75) is 18.9 Å². The van der Waals surface area contributed by atoms with Gasteiger partial charge in [0.1, 0.15) is 0 Å². The molecule has 1 saturated heterocycles. The fraction of sp³-hybridized carbons (Fsp3) is 0.571. The van der Waals surface area contributed by atoms with Crippen molar-refractivity contribution >= 4 is 0 Å². The normalized spacial score (nSPS) is 25.4. The van der Waals surface area contributed by atoms with E-state index >= 15 is 0 Å². The summed E-state index contributed by atoms with van der Waals surface area (Å²) in [4.78, 5) is 0. The van der Waals surface area contributed by atoms with Gasteiger partial charge >= 0.3 is 0 Å². The predicted octanol–water partition coefficient (Wildman–Crippen LogP) is 1.11. The number of hydrogen-bond donors (Lipinski definition) is 0. The minimum Gasteiger partial charge on any atom is -0.360 e. The lowest BCUT2D eigenvalue weighted by molar-refractivity contribution is 0.350. The summed E-state index contributed by atoms with van der Waals surface area (Å²) in [6.45, 7) is 0.978. The van der Waals surface area contributed by atoms with E-state index in [-0.39, 0.29) is 0 Å². The van der Waals surface area contributed by atoms with Crippen LogP contribution in [0, 0.1) is 0 Å². The van der Waals surface area contributed by atoms with Crippen LogP contribution in [0.4, 0.5) is 0 Å². The van der Waals surface area contributed by atoms with Gasteiger partial charge in [0.2, 0.25) is 0 Å². The van der Waals surface area contributed by atoms with E-state index in [4.69, 9.17) is 4.52 Å². The standard InChI is InChI=1S/C7H9N2O/c1-2-6(8-4-1)7-3-5-9-10-7/h3,5-6H,1-2,4H2. The molecule has 2 heterocycles. The van der Waals surface area contributed by atoms with Crippen molar-refractivity contribution in [1.82, 2.24) is 10.5 Å². The van der Waals surface area contributed by atoms with Crippen LogP contribution in [0.15, 0.2) is 16.8 Å². The van der Waals surface area contributed by atoms with E-state index in [0.717, 1.165) is 18.7 Å². The van der Waals surface area contributed by atoms with Gasteiger partial charge in [-0.3, -0.25) is 0 Å². The summed E-state index contributed by atoms with van der Waals surface area (Å²) in [6, 6.07) is 2.18. The van der Waals surface area contributed by atoms with Gasteiger partial charge in [-0.1, -0.05) is 5.16 Å². The van der Waals surface area contributed by atoms with E-state index in [2.05, 4.69) is 10.5 Å². The zero-order chi connectivity index (χ0) is 6.81. The second kappa shape index (κ2) is 2.42. The summed E-state index contributed by atoms with van der Waals surface area (Å²) in [6.07, 6.45) is 3.98. The highest BCUT2D eigenvalue weighted by atomic mass is 16.5. The molecule has 53 valence electrons. The molecule has 1 aromatic rings. The topological polar surface area (TPSA) is 40.1 Å². The number of rotatable bonds is 1. The molecule has 0 aromatic carbocycles. The first-order valence-corrected chi connectivity index (χ1v) is 3.54. The van der Waals surface area contributed by atoms with Crippen LogP contribution in [0.2, 0.25) is 0 Å². The first-order valence-electron chi connectivity index (χ1n) is 3.54. The van der Waals surface area contributed by atoms with Crippen LogP contribution in [0.25, 0.3) is 0 Å². The van der Waals surface area contributed by atoms with Crippen molar-refractivity contribution < 1.29 is 4.52 Å². The molecular formula is C7H9N2O. The van der Waals surface area contributed by atoms with E-state index in [1.807, 2.05) is 6.07 Å². The van der Waals surface area contributed by atoms with Gasteiger partial charge in [0.25, 0.3) is 0 Å². The fourth-order valence-corrected chi connectivity index (χ4v) is 1.25. The van der Waals surface area contributed by atoms with Crippen LogP contribution < -0.4 is 5.32 Å². The Morgan fingerprint density at radius 1 is 1.60 bits per heavy atom. The third-order valence-corrected chi connectivity index (χ3v) is 1.77. The molecule has 0 spiro atoms. The van der Waals surface area contributed by atoms with Crippen LogP contribution in [-0.4, -0.2) is 11.7 Å². The van der Waals surface area contributed by atoms with Gasteiger partial charge in [0.15, 0.2) is 5.76 Å². The molecule has 3 nitrogen and oxygen atoms in total. The van der Waals surface area contributed by atoms with Crippen LogP contribution >= 0.6 is 0 Å². The first-order chi connectivity index (χ1) is 4.97. The van der Waals surface area contributed by atoms with Crippen molar-refractivity contribution in [3.8, 4) is 0 Å². The molecule has 1 unspecified atom stereocenters. The lowest BCUT2D eigenvalue weighted by atomic mass is 10.2. The van der Waals surface area contributed by atoms with Crippen molar-refractivity contribution in [2.75, 3.05) is 6.54 Å². The Kier molecular flexibility index (Phi) is 1.43. The zero-order valence-corrected chi connectivity index (χ0v) is 5.66. The third-order valence-electron chi connectivity index (χ3n) is 1.77. The molecule has 0 amide bonds. The molecule has 0 bridgehead atoms. The van der Waals surface area contributed by atoms with Crippen LogP contribution in [0.1, 0.15) is 24.6 Å². The molecule has 1 aromatic heterocycles. The average molecular weight is 137 g/mol. The van der Waals surface area contributed by atoms with Gasteiger partial charge in [-0.05, 0) is 12.8 Å². The van der Waals surface area contributed by atoms with Gasteiger partial charge in [-0.15, -0.1) is 0 Å². The molecule has 0 aliphatic carbocycles. The van der Waals surface area contributed by atoms with Crippen molar-refractivity contribution in [3.63, 3.8) is 0 Å². The number of aromatic nitrogens is 1. The lowest BCUT2D eigenvalue weighted by Crippen LogP contribution is -2.03. The summed E-state index contributed by atoms with van der Waals surface area (Å²) < 4.78 is 4.97. The second-order valence-electron chi connectivity index (χ2n) is 2.48. The van der Waals surface area contributed by atoms with E-state index in [1.165, 1.54) is 6.42 Å². The third kappa shape index (κ3) is 0.926. The number of hydrogen-bond acceptors (Lipinski definition) is 2. The molecule has 0 N–H and O–H groups in total. The Labute approximate surface area is 59.4 Å². The van der Waals surface area contributed by atoms with Crippen LogP contribution in [0.5, 0.6) is 0 Å². The minimum absolute atomic E-state index is 0.294. The molecule has 3 heteroatoms. The smallest absolute Gasteiger partial charge is 0.155 e. The Bertz CT molecular complexity index is 189. The maximum atomic E-state index is 4.97. The van der Waals surface area contributed by atoms with Crippen molar-refractivity contribution in [1.29, 1.82) is 0 Å². The Morgan fingerprint density at radius 2 is 2.60 bits per heavy atom. The van der Waals surface area contributed by atoms with Gasteiger partial charge in [0, 0.05) is 12.6 Å². The highest BCUT2D eigenvalue weighted by Gasteiger charge is 2.20. The zero-order valence-electron chi connectivity index (χ0n) is 5.66. The monoisotopic (exact) mass is 137 g/mol. The van der Waals surface area contributed by atoms with Gasteiger partial charge in [-0.25, -0.2) is 5.32 Å². The molecule has 2 rings (SSSR count). The Hall–Kier alpha value is -0.830. The van der Waals surface area contributed by atoms with Crippen LogP contribution in [0.3, 0.4) is 0 Å². The number of nitrogens with zero attached hydrogens (tertiary/aromatic N) is 2. The fourth-order valence-electron chi connectivity index (χ4n) is 1.25. The molecule has 1 radical (unpaired) electrons. The highest BCUT2D eigenvalue weighted by Crippen LogP contribution is 2.23. The van der Waals surface area contributed by atoms with E-state index < -0.39 is 0 Å². The maximum Gasteiger partial charge on any atom is 0.155 e. The largest absolute Gasteiger partial charge is 0.360 e. The van der Waals surface area contributed by atoms with E-state index in [9.17, 15) is 0 Å². The highest BCUT2D eigenvalue weighted by molar-refractivity contribution is 5.01. The molecule has 1 aliphatic rings. The molecule has 1 atom stereocenters. The van der Waals surface area contributed by atoms with Gasteiger partial charge < -0.3 is 4.52 Å². The average Bonchev–Trinajstić information content (AvgIpc) is 2.59. The van der Waals surface area contributed by atoms with Gasteiger partial charge in [0.05, 0.1) is 12.2 Å². The second-order valence-corrected chi connectivity index (χ2v) is 2.48. The lowest BCUT2D eigenvalue weighted by Gasteiger charge is -2.00. The summed E-state index contributed by atoms with van der Waals surface area (Å²) in [7, 11) is 0. The summed E-state index contributed by atoms with van der Waals surface area (Å²) in [5.74, 6) is 0.914. The summed E-state index contributed by atoms with van der Waals surface area (Å²) in [5, 5.41) is 7.98. The molecule has 1 fully saturated rings. The Morgan fingerprint density at radius 3 is 3.20 bits per heavy atom. The summed E-state index contributed by atoms with van der Waals surface area (Å²) >= 11 is 0. The van der Waals surface area contributed by atoms with Crippen molar-refractivity contribution in [3.05, 3.63) is 18.0 Å². The van der Waals surface area contributed by atoms with E-state index in [1.54, 1.807) is 6.20 Å². The predicted molar refractivity (Wildman–Crippen MR) is 35.5 cm³/mol. The first kappa shape index (κ1) is 5.92. The molecular weight excluding hydrogens is 128 g/mol. The summed E-state index contributed by atoms with van der Waals surface area (Å²) in [5.41, 5.74) is 0. The molecule has 0 saturated carbocycles. The van der Waals surface area contributed by atoms with E-state index in [0.29, 0.717) is 6.04 Å². The Balaban J connectivity index is 2.12. The maximum absolute atomic E-state index is 4.97. The SMILES string of the molecule is c1cc(C2CCC[N]2)on1. The molecule has 1 aliphatic heterocycles. The van der Waals surface area contributed by atoms with Crippen LogP contribution in [-0.2, 0) is 0 Å². The van der Waals surface area contributed by atoms with Gasteiger partial charge in [-0.2, -0.15) is 0 Å². The van der Waals surface area contributed by atoms with Crippen molar-refractivity contribution in [2.24, 2.45) is 0 Å².